The molecule has 0 radical (unpaired) electrons. The van der Waals surface area contributed by atoms with Gasteiger partial charge in [0, 0.05) is 26.9 Å². The van der Waals surface area contributed by atoms with E-state index in [0.717, 1.165) is 45.6 Å². The molecule has 0 aromatic rings. The topological polar surface area (TPSA) is 44.5 Å². The molecule has 0 aliphatic carbocycles. The van der Waals surface area contributed by atoms with Crippen LogP contribution < -0.4 is 5.73 Å². The van der Waals surface area contributed by atoms with E-state index < -0.39 is 0 Å². The van der Waals surface area contributed by atoms with Crippen molar-refractivity contribution in [3.8, 4) is 0 Å². The molecule has 1 fully saturated rings. The first-order chi connectivity index (χ1) is 6.75. The minimum atomic E-state index is 0.302. The van der Waals surface area contributed by atoms with E-state index in [9.17, 15) is 0 Å². The van der Waals surface area contributed by atoms with Crippen LogP contribution in [-0.2, 0) is 9.47 Å². The zero-order valence-corrected chi connectivity index (χ0v) is 9.42. The Bertz CT molecular complexity index is 155. The average Bonchev–Trinajstić information content (AvgIpc) is 2.26. The summed E-state index contributed by atoms with van der Waals surface area (Å²) in [5.41, 5.74) is 6.22. The minimum absolute atomic E-state index is 0.302. The van der Waals surface area contributed by atoms with Crippen LogP contribution >= 0.6 is 0 Å². The summed E-state index contributed by atoms with van der Waals surface area (Å²) in [6, 6.07) is 0. The molecule has 2 N–H and O–H groups in total. The van der Waals surface area contributed by atoms with Crippen LogP contribution in [-0.4, -0.2) is 33.5 Å². The largest absolute Gasteiger partial charge is 0.385 e. The van der Waals surface area contributed by atoms with Gasteiger partial charge in [-0.2, -0.15) is 0 Å². The summed E-state index contributed by atoms with van der Waals surface area (Å²) in [5.74, 6) is 0.636. The quantitative estimate of drug-likeness (QED) is 0.731. The lowest BCUT2D eigenvalue weighted by atomic mass is 9.69. The number of nitrogens with two attached hydrogens (primary N) is 1. The van der Waals surface area contributed by atoms with Crippen molar-refractivity contribution in [1.29, 1.82) is 0 Å². The molecule has 1 unspecified atom stereocenters. The molecule has 84 valence electrons. The van der Waals surface area contributed by atoms with Gasteiger partial charge in [0.15, 0.2) is 0 Å². The Morgan fingerprint density at radius 1 is 1.43 bits per heavy atom. The van der Waals surface area contributed by atoms with Gasteiger partial charge in [-0.15, -0.1) is 0 Å². The normalized spacial score (nSPS) is 23.4. The monoisotopic (exact) mass is 201 g/mol. The van der Waals surface area contributed by atoms with Crippen LogP contribution in [0.25, 0.3) is 0 Å². The van der Waals surface area contributed by atoms with Crippen molar-refractivity contribution in [2.45, 2.75) is 26.2 Å². The van der Waals surface area contributed by atoms with Gasteiger partial charge in [-0.25, -0.2) is 0 Å². The Balaban J connectivity index is 2.48. The van der Waals surface area contributed by atoms with Gasteiger partial charge in [-0.3, -0.25) is 0 Å². The van der Waals surface area contributed by atoms with E-state index in [1.807, 2.05) is 0 Å². The van der Waals surface area contributed by atoms with E-state index in [-0.39, 0.29) is 0 Å². The van der Waals surface area contributed by atoms with Gasteiger partial charge in [0.2, 0.25) is 0 Å². The van der Waals surface area contributed by atoms with Gasteiger partial charge >= 0.3 is 0 Å². The smallest absolute Gasteiger partial charge is 0.0471 e. The fourth-order valence-corrected chi connectivity index (χ4v) is 2.28. The molecular formula is C11H23NO2. The molecule has 3 nitrogen and oxygen atoms in total. The predicted molar refractivity (Wildman–Crippen MR) is 57.2 cm³/mol. The molecule has 1 aliphatic heterocycles. The van der Waals surface area contributed by atoms with E-state index in [2.05, 4.69) is 6.92 Å². The lowest BCUT2D eigenvalue weighted by Gasteiger charge is -2.41. The zero-order chi connectivity index (χ0) is 10.4. The van der Waals surface area contributed by atoms with E-state index >= 15 is 0 Å². The molecule has 14 heavy (non-hydrogen) atoms. The van der Waals surface area contributed by atoms with Crippen LogP contribution in [0, 0.1) is 11.3 Å². The fraction of sp³-hybridized carbons (Fsp3) is 1.00. The molecule has 1 atom stereocenters. The molecule has 0 spiro atoms. The number of methoxy groups -OCH3 is 1. The van der Waals surface area contributed by atoms with Gasteiger partial charge < -0.3 is 15.2 Å². The standard InChI is InChI=1S/C11H23NO2/c1-10(3-6-13-2)11(9-12)4-7-14-8-5-11/h10H,3-9,12H2,1-2H3. The van der Waals surface area contributed by atoms with Crippen molar-refractivity contribution in [2.75, 3.05) is 33.5 Å². The van der Waals surface area contributed by atoms with E-state index in [0.29, 0.717) is 11.3 Å². The number of rotatable bonds is 5. The van der Waals surface area contributed by atoms with Crippen molar-refractivity contribution in [3.63, 3.8) is 0 Å². The maximum atomic E-state index is 5.91. The van der Waals surface area contributed by atoms with E-state index in [1.54, 1.807) is 7.11 Å². The summed E-state index contributed by atoms with van der Waals surface area (Å²) in [6.45, 7) is 5.64. The lowest BCUT2D eigenvalue weighted by molar-refractivity contribution is -0.0162. The predicted octanol–water partition coefficient (Wildman–Crippen LogP) is 1.41. The van der Waals surface area contributed by atoms with Crippen molar-refractivity contribution in [3.05, 3.63) is 0 Å². The molecule has 0 amide bonds. The van der Waals surface area contributed by atoms with Crippen molar-refractivity contribution in [2.24, 2.45) is 17.1 Å². The van der Waals surface area contributed by atoms with E-state index in [1.165, 1.54) is 0 Å². The molecule has 1 rings (SSSR count). The van der Waals surface area contributed by atoms with Crippen LogP contribution in [0.2, 0.25) is 0 Å². The SMILES string of the molecule is COCCC(C)C1(CN)CCOCC1. The Kier molecular flexibility index (Phi) is 4.85. The highest BCUT2D eigenvalue weighted by Crippen LogP contribution is 2.38. The molecule has 1 aliphatic rings. The second kappa shape index (κ2) is 5.69. The summed E-state index contributed by atoms with van der Waals surface area (Å²) in [6.07, 6.45) is 3.32. The maximum Gasteiger partial charge on any atom is 0.0471 e. The summed E-state index contributed by atoms with van der Waals surface area (Å²) in [4.78, 5) is 0. The molecule has 0 saturated carbocycles. The highest BCUT2D eigenvalue weighted by atomic mass is 16.5. The summed E-state index contributed by atoms with van der Waals surface area (Å²) in [7, 11) is 1.76. The number of hydrogen-bond acceptors (Lipinski definition) is 3. The summed E-state index contributed by atoms with van der Waals surface area (Å²) < 4.78 is 10.5. The molecule has 3 heteroatoms. The highest BCUT2D eigenvalue weighted by molar-refractivity contribution is 4.87. The Morgan fingerprint density at radius 2 is 2.07 bits per heavy atom. The van der Waals surface area contributed by atoms with E-state index in [4.69, 9.17) is 15.2 Å². The third kappa shape index (κ3) is 2.69. The maximum absolute atomic E-state index is 5.91. The van der Waals surface area contributed by atoms with Crippen LogP contribution in [0.5, 0.6) is 0 Å². The third-order valence-electron chi connectivity index (χ3n) is 3.70. The lowest BCUT2D eigenvalue weighted by Crippen LogP contribution is -2.42. The molecule has 1 heterocycles. The number of ether oxygens (including phenoxy) is 2. The Morgan fingerprint density at radius 3 is 2.57 bits per heavy atom. The Labute approximate surface area is 86.9 Å². The second-order valence-electron chi connectivity index (χ2n) is 4.36. The van der Waals surface area contributed by atoms with Crippen molar-refractivity contribution < 1.29 is 9.47 Å². The molecular weight excluding hydrogens is 178 g/mol. The fourth-order valence-electron chi connectivity index (χ4n) is 2.28. The molecule has 0 aromatic heterocycles. The first-order valence-corrected chi connectivity index (χ1v) is 5.52. The van der Waals surface area contributed by atoms with Crippen molar-refractivity contribution in [1.82, 2.24) is 0 Å². The number of hydrogen-bond donors (Lipinski definition) is 1. The van der Waals surface area contributed by atoms with Gasteiger partial charge in [-0.1, -0.05) is 6.92 Å². The molecule has 0 bridgehead atoms. The highest BCUT2D eigenvalue weighted by Gasteiger charge is 2.36. The zero-order valence-electron chi connectivity index (χ0n) is 9.42. The minimum Gasteiger partial charge on any atom is -0.385 e. The van der Waals surface area contributed by atoms with Crippen LogP contribution in [0.3, 0.4) is 0 Å². The first kappa shape index (κ1) is 12.0. The molecule has 1 saturated heterocycles. The summed E-state index contributed by atoms with van der Waals surface area (Å²) in [5, 5.41) is 0. The van der Waals surface area contributed by atoms with Gasteiger partial charge in [0.1, 0.15) is 0 Å². The third-order valence-corrected chi connectivity index (χ3v) is 3.70. The van der Waals surface area contributed by atoms with Gasteiger partial charge in [0.05, 0.1) is 0 Å². The summed E-state index contributed by atoms with van der Waals surface area (Å²) >= 11 is 0. The Hall–Kier alpha value is -0.120. The molecule has 0 aromatic carbocycles. The van der Waals surface area contributed by atoms with Crippen LogP contribution in [0.15, 0.2) is 0 Å². The second-order valence-corrected chi connectivity index (χ2v) is 4.36. The van der Waals surface area contributed by atoms with Crippen LogP contribution in [0.1, 0.15) is 26.2 Å². The van der Waals surface area contributed by atoms with Gasteiger partial charge in [0.25, 0.3) is 0 Å². The van der Waals surface area contributed by atoms with Crippen LogP contribution in [0.4, 0.5) is 0 Å². The first-order valence-electron chi connectivity index (χ1n) is 5.52. The van der Waals surface area contributed by atoms with Gasteiger partial charge in [-0.05, 0) is 37.1 Å². The average molecular weight is 201 g/mol. The van der Waals surface area contributed by atoms with Crippen molar-refractivity contribution >= 4 is 0 Å².